The van der Waals surface area contributed by atoms with Crippen molar-refractivity contribution in [2.45, 2.75) is 19.9 Å². The zero-order valence-corrected chi connectivity index (χ0v) is 12.2. The van der Waals surface area contributed by atoms with E-state index >= 15 is 0 Å². The van der Waals surface area contributed by atoms with E-state index in [1.807, 2.05) is 30.4 Å². The Bertz CT molecular complexity index is 385. The summed E-state index contributed by atoms with van der Waals surface area (Å²) in [6.07, 6.45) is 3.85. The number of rotatable bonds is 8. The lowest BCUT2D eigenvalue weighted by molar-refractivity contribution is 0.175. The SMILES string of the molecule is C=CCN(CC=C)CC(C)(C)C(N)c1ccccc1. The lowest BCUT2D eigenvalue weighted by atomic mass is 9.80. The second-order valence-electron chi connectivity index (χ2n) is 5.65. The smallest absolute Gasteiger partial charge is 0.0359 e. The third-order valence-corrected chi connectivity index (χ3v) is 3.41. The second-order valence-corrected chi connectivity index (χ2v) is 5.65. The molecule has 2 nitrogen and oxygen atoms in total. The molecule has 0 saturated carbocycles. The summed E-state index contributed by atoms with van der Waals surface area (Å²) in [5, 5.41) is 0. The largest absolute Gasteiger partial charge is 0.323 e. The molecule has 1 aromatic carbocycles. The highest BCUT2D eigenvalue weighted by Crippen LogP contribution is 2.32. The molecule has 2 N–H and O–H groups in total. The van der Waals surface area contributed by atoms with E-state index in [0.717, 1.165) is 19.6 Å². The molecule has 0 radical (unpaired) electrons. The summed E-state index contributed by atoms with van der Waals surface area (Å²) in [6.45, 7) is 14.7. The topological polar surface area (TPSA) is 29.3 Å². The maximum Gasteiger partial charge on any atom is 0.0359 e. The van der Waals surface area contributed by atoms with Gasteiger partial charge in [-0.05, 0) is 11.0 Å². The quantitative estimate of drug-likeness (QED) is 0.724. The fourth-order valence-corrected chi connectivity index (χ4v) is 2.36. The first-order valence-corrected chi connectivity index (χ1v) is 6.76. The van der Waals surface area contributed by atoms with Gasteiger partial charge in [0.15, 0.2) is 0 Å². The number of nitrogens with two attached hydrogens (primary N) is 1. The van der Waals surface area contributed by atoms with Crippen LogP contribution < -0.4 is 5.73 Å². The Kier molecular flexibility index (Phi) is 6.00. The zero-order chi connectivity index (χ0) is 14.3. The molecule has 0 aliphatic rings. The third kappa shape index (κ3) is 4.66. The molecular formula is C17H26N2. The van der Waals surface area contributed by atoms with Crippen LogP contribution in [0.1, 0.15) is 25.5 Å². The molecule has 19 heavy (non-hydrogen) atoms. The Hall–Kier alpha value is -1.38. The van der Waals surface area contributed by atoms with Gasteiger partial charge in [-0.3, -0.25) is 4.90 Å². The molecule has 0 aliphatic carbocycles. The Morgan fingerprint density at radius 1 is 1.16 bits per heavy atom. The predicted octanol–water partition coefficient (Wildman–Crippen LogP) is 3.39. The van der Waals surface area contributed by atoms with Crippen LogP contribution in [0.2, 0.25) is 0 Å². The van der Waals surface area contributed by atoms with Crippen molar-refractivity contribution in [1.82, 2.24) is 4.90 Å². The van der Waals surface area contributed by atoms with Crippen molar-refractivity contribution in [3.8, 4) is 0 Å². The van der Waals surface area contributed by atoms with Crippen molar-refractivity contribution in [3.63, 3.8) is 0 Å². The van der Waals surface area contributed by atoms with Gasteiger partial charge in [-0.1, -0.05) is 56.3 Å². The minimum atomic E-state index is -0.00657. The molecule has 0 saturated heterocycles. The van der Waals surface area contributed by atoms with Crippen LogP contribution in [-0.4, -0.2) is 24.5 Å². The highest BCUT2D eigenvalue weighted by atomic mass is 15.1. The Morgan fingerprint density at radius 2 is 1.68 bits per heavy atom. The lowest BCUT2D eigenvalue weighted by Gasteiger charge is -2.36. The van der Waals surface area contributed by atoms with Crippen molar-refractivity contribution in [1.29, 1.82) is 0 Å². The molecule has 1 atom stereocenters. The summed E-state index contributed by atoms with van der Waals surface area (Å²) in [6, 6.07) is 10.3. The van der Waals surface area contributed by atoms with E-state index in [-0.39, 0.29) is 11.5 Å². The standard InChI is InChI=1S/C17H26N2/c1-5-12-19(13-6-2)14-17(3,4)16(18)15-10-8-7-9-11-15/h5-11,16H,1-2,12-14,18H2,3-4H3. The van der Waals surface area contributed by atoms with Gasteiger partial charge in [0.2, 0.25) is 0 Å². The van der Waals surface area contributed by atoms with E-state index in [4.69, 9.17) is 5.73 Å². The highest BCUT2D eigenvalue weighted by molar-refractivity contribution is 5.20. The van der Waals surface area contributed by atoms with E-state index < -0.39 is 0 Å². The first-order valence-electron chi connectivity index (χ1n) is 6.76. The first-order chi connectivity index (χ1) is 9.01. The molecule has 1 rings (SSSR count). The van der Waals surface area contributed by atoms with E-state index in [9.17, 15) is 0 Å². The monoisotopic (exact) mass is 258 g/mol. The van der Waals surface area contributed by atoms with Crippen LogP contribution >= 0.6 is 0 Å². The normalized spacial score (nSPS) is 13.3. The number of hydrogen-bond donors (Lipinski definition) is 1. The van der Waals surface area contributed by atoms with Crippen molar-refractivity contribution in [3.05, 3.63) is 61.2 Å². The molecule has 0 spiro atoms. The minimum absolute atomic E-state index is 0.00657. The van der Waals surface area contributed by atoms with Gasteiger partial charge in [0.05, 0.1) is 0 Å². The van der Waals surface area contributed by atoms with Crippen LogP contribution in [0.15, 0.2) is 55.6 Å². The molecular weight excluding hydrogens is 232 g/mol. The fraction of sp³-hybridized carbons (Fsp3) is 0.412. The Morgan fingerprint density at radius 3 is 2.16 bits per heavy atom. The number of benzene rings is 1. The zero-order valence-electron chi connectivity index (χ0n) is 12.2. The summed E-state index contributed by atoms with van der Waals surface area (Å²) in [7, 11) is 0. The van der Waals surface area contributed by atoms with Gasteiger partial charge in [-0.25, -0.2) is 0 Å². The molecule has 1 unspecified atom stereocenters. The average molecular weight is 258 g/mol. The Labute approximate surface area is 117 Å². The molecule has 2 heteroatoms. The third-order valence-electron chi connectivity index (χ3n) is 3.41. The van der Waals surface area contributed by atoms with Crippen LogP contribution in [0, 0.1) is 5.41 Å². The van der Waals surface area contributed by atoms with Gasteiger partial charge < -0.3 is 5.73 Å². The number of nitrogens with zero attached hydrogens (tertiary/aromatic N) is 1. The molecule has 1 aromatic rings. The predicted molar refractivity (Wildman–Crippen MR) is 84.0 cm³/mol. The van der Waals surface area contributed by atoms with Crippen molar-refractivity contribution in [2.24, 2.45) is 11.1 Å². The molecule has 0 amide bonds. The summed E-state index contributed by atoms with van der Waals surface area (Å²) >= 11 is 0. The van der Waals surface area contributed by atoms with Gasteiger partial charge >= 0.3 is 0 Å². The molecule has 104 valence electrons. The van der Waals surface area contributed by atoms with Crippen molar-refractivity contribution >= 4 is 0 Å². The van der Waals surface area contributed by atoms with Crippen molar-refractivity contribution in [2.75, 3.05) is 19.6 Å². The summed E-state index contributed by atoms with van der Waals surface area (Å²) in [4.78, 5) is 2.31. The van der Waals surface area contributed by atoms with Gasteiger partial charge in [0, 0.05) is 25.7 Å². The average Bonchev–Trinajstić information content (AvgIpc) is 2.39. The summed E-state index contributed by atoms with van der Waals surface area (Å²) in [5.41, 5.74) is 7.61. The van der Waals surface area contributed by atoms with Crippen LogP contribution in [-0.2, 0) is 0 Å². The Balaban J connectivity index is 2.78. The van der Waals surface area contributed by atoms with Crippen LogP contribution in [0.3, 0.4) is 0 Å². The molecule has 0 heterocycles. The summed E-state index contributed by atoms with van der Waals surface area (Å²) in [5.74, 6) is 0. The maximum atomic E-state index is 6.44. The lowest BCUT2D eigenvalue weighted by Crippen LogP contribution is -2.41. The molecule has 0 fully saturated rings. The van der Waals surface area contributed by atoms with Crippen molar-refractivity contribution < 1.29 is 0 Å². The van der Waals surface area contributed by atoms with E-state index in [1.165, 1.54) is 5.56 Å². The van der Waals surface area contributed by atoms with Crippen LogP contribution in [0.5, 0.6) is 0 Å². The van der Waals surface area contributed by atoms with Gasteiger partial charge in [0.25, 0.3) is 0 Å². The first kappa shape index (κ1) is 15.7. The van der Waals surface area contributed by atoms with Gasteiger partial charge in [-0.2, -0.15) is 0 Å². The molecule has 0 aromatic heterocycles. The van der Waals surface area contributed by atoms with E-state index in [0.29, 0.717) is 0 Å². The maximum absolute atomic E-state index is 6.44. The van der Waals surface area contributed by atoms with E-state index in [2.05, 4.69) is 44.0 Å². The summed E-state index contributed by atoms with van der Waals surface area (Å²) < 4.78 is 0. The molecule has 0 aliphatic heterocycles. The second kappa shape index (κ2) is 7.27. The van der Waals surface area contributed by atoms with Gasteiger partial charge in [-0.15, -0.1) is 13.2 Å². The van der Waals surface area contributed by atoms with E-state index in [1.54, 1.807) is 0 Å². The van der Waals surface area contributed by atoms with Crippen LogP contribution in [0.4, 0.5) is 0 Å². The van der Waals surface area contributed by atoms with Gasteiger partial charge in [0.1, 0.15) is 0 Å². The fourth-order valence-electron chi connectivity index (χ4n) is 2.36. The number of hydrogen-bond acceptors (Lipinski definition) is 2. The van der Waals surface area contributed by atoms with Crippen LogP contribution in [0.25, 0.3) is 0 Å². The highest BCUT2D eigenvalue weighted by Gasteiger charge is 2.29. The molecule has 0 bridgehead atoms. The minimum Gasteiger partial charge on any atom is -0.323 e.